The summed E-state index contributed by atoms with van der Waals surface area (Å²) in [5, 5.41) is 57.3. The van der Waals surface area contributed by atoms with Crippen LogP contribution in [0.1, 0.15) is 33.4 Å². The van der Waals surface area contributed by atoms with E-state index in [-0.39, 0.29) is 61.4 Å². The Kier molecular flexibility index (Phi) is 31.1. The number of rotatable bonds is 15. The molecule has 0 bridgehead atoms. The maximum atomic E-state index is 11.6. The fraction of sp³-hybridized carbons (Fsp3) is 0.0417. The molecule has 6 heterocycles. The van der Waals surface area contributed by atoms with Gasteiger partial charge in [0.05, 0.1) is 65.2 Å². The van der Waals surface area contributed by atoms with Gasteiger partial charge >= 0.3 is 17.9 Å². The van der Waals surface area contributed by atoms with Gasteiger partial charge < -0.3 is 74.8 Å². The number of carboxylic acid groups (broad SMARTS) is 3. The SMILES string of the molecule is C=c1[nH]c(=O)/c(=C/c2c(O)cccc2Cl)s1.C=c1[nH]c(=O)/c(=C/c2cc(Cl)ccc2O)s1.C=c1[nH]c(=O)/c(=C/c2cc(Cl)ccc2OCC(=O)O)s1.C=c1[nH]c(=O)/c(=C/c2ccc(Cl)cc2O)s1.C=c1[nH]c(=O)/c(=C/c2ccc(Cl)cc2OCC(=O)O)s1.C=c1[nH]c(=O)/c(=C/c2cccc(Cl)c2OCC(=O)O)s1. The zero-order valence-corrected chi connectivity index (χ0v) is 64.5. The number of phenols is 3. The van der Waals surface area contributed by atoms with Crippen molar-refractivity contribution in [3.05, 3.63) is 290 Å². The minimum absolute atomic E-state index is 0.0471. The zero-order valence-electron chi connectivity index (χ0n) is 55.0. The van der Waals surface area contributed by atoms with Crippen LogP contribution < -0.4 is 103 Å². The number of halogens is 6. The molecule has 0 fully saturated rings. The highest BCUT2D eigenvalue weighted by atomic mass is 35.5. The van der Waals surface area contributed by atoms with Crippen molar-refractivity contribution in [2.45, 2.75) is 0 Å². The number of hydrogen-bond donors (Lipinski definition) is 12. The molecule has 0 amide bonds. The number of hydrogen-bond acceptors (Lipinski definition) is 21. The smallest absolute Gasteiger partial charge is 0.341 e. The molecule has 12 N–H and O–H groups in total. The van der Waals surface area contributed by atoms with E-state index in [9.17, 15) is 58.5 Å². The van der Waals surface area contributed by atoms with Gasteiger partial charge in [0.1, 0.15) is 34.5 Å². The van der Waals surface area contributed by atoms with E-state index in [2.05, 4.69) is 69.4 Å². The highest BCUT2D eigenvalue weighted by Gasteiger charge is 2.12. The molecule has 12 aromatic rings. The van der Waals surface area contributed by atoms with E-state index in [0.29, 0.717) is 125 Å². The molecule has 108 heavy (non-hydrogen) atoms. The van der Waals surface area contributed by atoms with Crippen LogP contribution in [0.5, 0.6) is 34.5 Å². The number of aromatic amines is 6. The van der Waals surface area contributed by atoms with E-state index in [0.717, 1.165) is 0 Å². The van der Waals surface area contributed by atoms with E-state index < -0.39 is 37.7 Å². The van der Waals surface area contributed by atoms with E-state index >= 15 is 0 Å². The summed E-state index contributed by atoms with van der Waals surface area (Å²) in [5.74, 6) is -2.22. The molecule has 0 radical (unpaired) electrons. The largest absolute Gasteiger partial charge is 0.507 e. The Bertz CT molecular complexity index is 6400. The minimum atomic E-state index is -1.11. The lowest BCUT2D eigenvalue weighted by Crippen LogP contribution is -2.20. The number of aromatic hydroxyl groups is 3. The normalized spacial score (nSPS) is 11.7. The van der Waals surface area contributed by atoms with Gasteiger partial charge in [-0.1, -0.05) is 127 Å². The third-order valence-corrected chi connectivity index (χ3v) is 19.8. The van der Waals surface area contributed by atoms with Crippen LogP contribution in [0.4, 0.5) is 0 Å². The molecule has 0 aliphatic rings. The highest BCUT2D eigenvalue weighted by molar-refractivity contribution is 7.08. The van der Waals surface area contributed by atoms with Crippen molar-refractivity contribution >= 4 is 231 Å². The minimum Gasteiger partial charge on any atom is -0.507 e. The van der Waals surface area contributed by atoms with Crippen LogP contribution in [0.3, 0.4) is 0 Å². The second-order valence-corrected chi connectivity index (χ2v) is 30.5. The fourth-order valence-electron chi connectivity index (χ4n) is 8.43. The summed E-state index contributed by atoms with van der Waals surface area (Å²) in [6.45, 7) is 20.4. The predicted molar refractivity (Wildman–Crippen MR) is 433 cm³/mol. The van der Waals surface area contributed by atoms with Crippen LogP contribution in [0.15, 0.2) is 138 Å². The number of thiazole rings is 6. The Morgan fingerprint density at radius 1 is 0.343 bits per heavy atom. The average molecular weight is 1700 g/mol. The van der Waals surface area contributed by atoms with Crippen LogP contribution in [-0.2, 0) is 14.4 Å². The van der Waals surface area contributed by atoms with Crippen molar-refractivity contribution in [2.75, 3.05) is 19.8 Å². The molecule has 0 saturated heterocycles. The first kappa shape index (κ1) is 84.6. The molecule has 0 spiro atoms. The summed E-state index contributed by atoms with van der Waals surface area (Å²) in [7, 11) is 0. The van der Waals surface area contributed by atoms with E-state index in [1.54, 1.807) is 121 Å². The Labute approximate surface area is 659 Å². The molecule has 6 aromatic heterocycles. The Morgan fingerprint density at radius 3 is 1.12 bits per heavy atom. The summed E-state index contributed by atoms with van der Waals surface area (Å²) >= 11 is 42.5. The van der Waals surface area contributed by atoms with Crippen molar-refractivity contribution in [1.29, 1.82) is 0 Å². The number of H-pyrrole nitrogens is 6. The Balaban J connectivity index is 0.000000181. The van der Waals surface area contributed by atoms with Gasteiger partial charge in [-0.15, -0.1) is 68.0 Å². The molecule has 0 aliphatic carbocycles. The van der Waals surface area contributed by atoms with Gasteiger partial charge in [-0.2, -0.15) is 0 Å². The molecule has 24 nitrogen and oxygen atoms in total. The molecule has 0 atom stereocenters. The lowest BCUT2D eigenvalue weighted by Gasteiger charge is -2.08. The van der Waals surface area contributed by atoms with Gasteiger partial charge in [0, 0.05) is 53.5 Å². The standard InChI is InChI=1S/3C13H10ClNO4S.3C11H8ClNO2S/c1-7-15-13(18)11(20-7)5-8-4-9(14)2-3-10(8)19-6-12(16)17;1-7-15-13(18)11(20-7)4-8-2-3-9(14)5-10(8)19-6-12(16)17;1-7-15-13(18)10(20-7)5-8-3-2-4-9(14)12(8)19-6-11(16)17;1-6-13-11(15)10(16-6)5-7-4-8(12)2-3-9(7)14;1-6-13-11(15)10(16-6)4-7-2-3-8(12)5-9(7)14;1-6-13-11(15)10(16-6)5-7-8(12)3-2-4-9(7)14/h3*2-5H,1,6H2,(H,15,18)(H,16,17);3*2-5,14H,1H2,(H,13,15)/b11-5-;11-4-;2*10-5-;10-4-;10-5-. The number of aromatic nitrogens is 6. The Hall–Kier alpha value is -10.7. The fourth-order valence-corrected chi connectivity index (χ4v) is 14.0. The Morgan fingerprint density at radius 2 is 0.685 bits per heavy atom. The second kappa shape index (κ2) is 39.8. The monoisotopic (exact) mass is 1690 g/mol. The topological polar surface area (TPSA) is 397 Å². The van der Waals surface area contributed by atoms with Crippen LogP contribution >= 0.6 is 138 Å². The lowest BCUT2D eigenvalue weighted by molar-refractivity contribution is -0.140. The summed E-state index contributed by atoms with van der Waals surface area (Å²) < 4.78 is 21.6. The van der Waals surface area contributed by atoms with Crippen LogP contribution in [0.25, 0.3) is 75.9 Å². The van der Waals surface area contributed by atoms with Crippen LogP contribution in [-0.4, -0.2) is 98.3 Å². The summed E-state index contributed by atoms with van der Waals surface area (Å²) in [6, 6.07) is 28.7. The molecule has 6 aromatic carbocycles. The maximum absolute atomic E-state index is 11.6. The predicted octanol–water partition coefficient (Wildman–Crippen LogP) is 5.48. The molecular formula is C72H54Cl6N6O18S6. The maximum Gasteiger partial charge on any atom is 0.341 e. The van der Waals surface area contributed by atoms with Crippen LogP contribution in [0.2, 0.25) is 30.1 Å². The number of benzene rings is 6. The number of nitrogens with one attached hydrogen (secondary N) is 6. The van der Waals surface area contributed by atoms with Crippen molar-refractivity contribution < 1.29 is 59.2 Å². The number of carboxylic acids is 3. The van der Waals surface area contributed by atoms with Gasteiger partial charge in [0.15, 0.2) is 19.8 Å². The van der Waals surface area contributed by atoms with E-state index in [1.165, 1.54) is 92.3 Å². The van der Waals surface area contributed by atoms with Crippen molar-refractivity contribution in [2.24, 2.45) is 0 Å². The molecule has 36 heteroatoms. The van der Waals surface area contributed by atoms with Gasteiger partial charge in [0.25, 0.3) is 33.4 Å². The number of aliphatic carboxylic acids is 3. The van der Waals surface area contributed by atoms with Gasteiger partial charge in [-0.25, -0.2) is 14.4 Å². The second-order valence-electron chi connectivity index (χ2n) is 21.1. The van der Waals surface area contributed by atoms with Crippen molar-refractivity contribution in [3.63, 3.8) is 0 Å². The van der Waals surface area contributed by atoms with E-state index in [4.69, 9.17) is 99.1 Å². The quantitative estimate of drug-likeness (QED) is 0.0604. The van der Waals surface area contributed by atoms with Crippen molar-refractivity contribution in [3.8, 4) is 34.5 Å². The zero-order chi connectivity index (χ0) is 79.2. The first-order chi connectivity index (χ1) is 51.1. The van der Waals surface area contributed by atoms with Gasteiger partial charge in [0.2, 0.25) is 0 Å². The first-order valence-corrected chi connectivity index (χ1v) is 37.0. The van der Waals surface area contributed by atoms with Gasteiger partial charge in [-0.05, 0) is 127 Å². The molecule has 0 aliphatic heterocycles. The molecule has 12 rings (SSSR count). The lowest BCUT2D eigenvalue weighted by atomic mass is 10.2. The highest BCUT2D eigenvalue weighted by Crippen LogP contribution is 2.30. The molecule has 0 saturated carbocycles. The van der Waals surface area contributed by atoms with E-state index in [1.807, 2.05) is 0 Å². The average Bonchev–Trinajstić information content (AvgIpc) is 1.71. The molecular weight excluding hydrogens is 1640 g/mol. The third kappa shape index (κ3) is 26.1. The number of carbonyl (C=O) groups is 3. The molecule has 558 valence electrons. The summed E-state index contributed by atoms with van der Waals surface area (Å²) in [5.41, 5.74) is 1.73. The van der Waals surface area contributed by atoms with Crippen LogP contribution in [0, 0.1) is 0 Å². The number of ether oxygens (including phenoxy) is 3. The van der Waals surface area contributed by atoms with Crippen molar-refractivity contribution in [1.82, 2.24) is 29.9 Å². The summed E-state index contributed by atoms with van der Waals surface area (Å²) in [4.78, 5) is 116. The number of para-hydroxylation sites is 1. The third-order valence-electron chi connectivity index (χ3n) is 13.0. The number of phenolic OH excluding ortho intramolecular Hbond substituents is 3. The van der Waals surface area contributed by atoms with Gasteiger partial charge in [-0.3, -0.25) is 28.8 Å². The first-order valence-electron chi connectivity index (χ1n) is 29.8. The molecule has 0 unspecified atom stereocenters. The summed E-state index contributed by atoms with van der Waals surface area (Å²) in [6.07, 6.45) is 9.51.